The molecule has 0 radical (unpaired) electrons. The van der Waals surface area contributed by atoms with Crippen molar-refractivity contribution >= 4 is 58.7 Å². The summed E-state index contributed by atoms with van der Waals surface area (Å²) in [5.41, 5.74) is 15.4. The van der Waals surface area contributed by atoms with Gasteiger partial charge in [-0.2, -0.15) is 0 Å². The number of hydrogen-bond acceptors (Lipinski definition) is 2. The Kier molecular flexibility index (Phi) is 9.55. The summed E-state index contributed by atoms with van der Waals surface area (Å²) >= 11 is 0. The average Bonchev–Trinajstić information content (AvgIpc) is 3.40. The summed E-state index contributed by atoms with van der Waals surface area (Å²) in [5.74, 6) is 1.44. The first kappa shape index (κ1) is 32.2. The van der Waals surface area contributed by atoms with Crippen molar-refractivity contribution in [1.29, 1.82) is 5.41 Å². The number of nitrogens with zero attached hydrogens (tertiary/aromatic N) is 2. The van der Waals surface area contributed by atoms with E-state index in [9.17, 15) is 0 Å². The minimum Gasteiger partial charge on any atom is -0.460 e. The quantitative estimate of drug-likeness (QED) is 0.0774. The van der Waals surface area contributed by atoms with Gasteiger partial charge in [-0.05, 0) is 78.0 Å². The predicted molar refractivity (Wildman–Crippen MR) is 212 cm³/mol. The van der Waals surface area contributed by atoms with Gasteiger partial charge in [-0.25, -0.2) is 9.98 Å². The molecule has 7 rings (SSSR count). The van der Waals surface area contributed by atoms with E-state index in [2.05, 4.69) is 109 Å². The summed E-state index contributed by atoms with van der Waals surface area (Å²) in [6.07, 6.45) is 23.8. The number of hydrogen-bond donors (Lipinski definition) is 1. The third-order valence-corrected chi connectivity index (χ3v) is 8.94. The number of aryl methyl sites for hydroxylation is 1. The number of aliphatic imine (C=N–C) groups is 2. The van der Waals surface area contributed by atoms with Crippen LogP contribution in [0.15, 0.2) is 153 Å². The van der Waals surface area contributed by atoms with Gasteiger partial charge >= 0.3 is 0 Å². The molecule has 0 spiro atoms. The molecule has 1 heterocycles. The van der Waals surface area contributed by atoms with Gasteiger partial charge in [0.05, 0.1) is 5.71 Å². The van der Waals surface area contributed by atoms with Crippen molar-refractivity contribution < 1.29 is 4.42 Å². The summed E-state index contributed by atoms with van der Waals surface area (Å²) in [5, 5.41) is 9.04. The molecule has 0 amide bonds. The molecule has 0 atom stereocenters. The fraction of sp³-hybridized carbons (Fsp3) is 0.0870. The Balaban J connectivity index is 1.36. The SMILES string of the molecule is C/C=C\C=C/c1ccccc1/C(=C\C)c1ccc(C(=N/C=N)/N=C(/C2=Cc3ccccc3C=C=C2)c2cccc3oc4c(c23)C=CCC4)cc1. The number of fused-ring (bicyclic) bond motifs is 4. The molecule has 1 aromatic heterocycles. The largest absolute Gasteiger partial charge is 0.460 e. The second kappa shape index (κ2) is 14.8. The number of rotatable bonds is 8. The zero-order valence-corrected chi connectivity index (χ0v) is 28.2. The van der Waals surface area contributed by atoms with Crippen LogP contribution in [0, 0.1) is 5.41 Å². The number of benzene rings is 4. The summed E-state index contributed by atoms with van der Waals surface area (Å²) in [6, 6.07) is 31.1. The van der Waals surface area contributed by atoms with Crippen molar-refractivity contribution in [3.05, 3.63) is 189 Å². The highest BCUT2D eigenvalue weighted by atomic mass is 16.3. The molecule has 5 aromatic rings. The van der Waals surface area contributed by atoms with Gasteiger partial charge in [0.15, 0.2) is 5.84 Å². The molecule has 0 aliphatic heterocycles. The van der Waals surface area contributed by atoms with Crippen molar-refractivity contribution in [3.8, 4) is 0 Å². The summed E-state index contributed by atoms with van der Waals surface area (Å²) < 4.78 is 6.37. The molecule has 0 fully saturated rings. The molecule has 0 saturated carbocycles. The van der Waals surface area contributed by atoms with E-state index in [-0.39, 0.29) is 0 Å². The first-order valence-corrected chi connectivity index (χ1v) is 16.9. The molecular weight excluding hydrogens is 611 g/mol. The van der Waals surface area contributed by atoms with Gasteiger partial charge in [0.1, 0.15) is 17.7 Å². The van der Waals surface area contributed by atoms with Crippen molar-refractivity contribution in [2.24, 2.45) is 9.98 Å². The molecule has 242 valence electrons. The second-order valence-electron chi connectivity index (χ2n) is 12.0. The van der Waals surface area contributed by atoms with E-state index >= 15 is 0 Å². The van der Waals surface area contributed by atoms with Crippen LogP contribution in [0.2, 0.25) is 0 Å². The van der Waals surface area contributed by atoms with Crippen LogP contribution in [-0.2, 0) is 6.42 Å². The van der Waals surface area contributed by atoms with Crippen LogP contribution in [0.1, 0.15) is 70.5 Å². The third-order valence-electron chi connectivity index (χ3n) is 8.94. The monoisotopic (exact) mass is 647 g/mol. The van der Waals surface area contributed by atoms with Gasteiger partial charge in [-0.1, -0.05) is 127 Å². The molecule has 1 N–H and O–H groups in total. The van der Waals surface area contributed by atoms with Gasteiger partial charge in [0, 0.05) is 34.1 Å². The second-order valence-corrected chi connectivity index (χ2v) is 12.0. The Morgan fingerprint density at radius 1 is 0.820 bits per heavy atom. The van der Waals surface area contributed by atoms with Crippen LogP contribution < -0.4 is 0 Å². The zero-order valence-electron chi connectivity index (χ0n) is 28.2. The maximum atomic E-state index is 8.02. The number of allylic oxidation sites excluding steroid dienone is 7. The lowest BCUT2D eigenvalue weighted by molar-refractivity contribution is 0.546. The number of nitrogens with one attached hydrogen (secondary N) is 1. The van der Waals surface area contributed by atoms with E-state index in [1.807, 2.05) is 67.6 Å². The smallest absolute Gasteiger partial charge is 0.161 e. The van der Waals surface area contributed by atoms with Crippen molar-refractivity contribution in [3.63, 3.8) is 0 Å². The lowest BCUT2D eigenvalue weighted by atomic mass is 9.92. The van der Waals surface area contributed by atoms with Crippen molar-refractivity contribution in [1.82, 2.24) is 0 Å². The minimum absolute atomic E-state index is 0.444. The molecule has 50 heavy (non-hydrogen) atoms. The van der Waals surface area contributed by atoms with Crippen LogP contribution in [0.25, 0.3) is 40.8 Å². The Morgan fingerprint density at radius 2 is 1.60 bits per heavy atom. The molecule has 4 nitrogen and oxygen atoms in total. The van der Waals surface area contributed by atoms with Gasteiger partial charge in [-0.15, -0.1) is 5.73 Å². The molecule has 0 bridgehead atoms. The van der Waals surface area contributed by atoms with E-state index in [1.54, 1.807) is 0 Å². The first-order valence-electron chi connectivity index (χ1n) is 16.9. The Hall–Kier alpha value is -6.35. The van der Waals surface area contributed by atoms with Gasteiger partial charge in [-0.3, -0.25) is 5.41 Å². The van der Waals surface area contributed by atoms with E-state index in [4.69, 9.17) is 14.8 Å². The Bertz CT molecular complexity index is 2380. The van der Waals surface area contributed by atoms with Crippen LogP contribution in [0.5, 0.6) is 0 Å². The lowest BCUT2D eigenvalue weighted by Crippen LogP contribution is -2.10. The molecule has 4 aromatic carbocycles. The van der Waals surface area contributed by atoms with Crippen LogP contribution in [0.3, 0.4) is 0 Å². The predicted octanol–water partition coefficient (Wildman–Crippen LogP) is 11.5. The number of furan rings is 1. The fourth-order valence-corrected chi connectivity index (χ4v) is 6.59. The van der Waals surface area contributed by atoms with Crippen LogP contribution in [-0.4, -0.2) is 17.9 Å². The highest BCUT2D eigenvalue weighted by Crippen LogP contribution is 2.35. The standard InChI is InChI=1S/C46H37N3O/c1-3-5-6-16-33-17-9-10-21-39(33)38(4-2)34-26-28-35(29-27-34)46(48-31-47)49-45(37-20-13-19-32-15-7-8-18-36(32)30-37)41-23-14-25-43-44(41)40-22-11-12-24-42(40)50-43/h3-11,14-23,25-31,47H,12,24H2,1-2H3/b5-3-,16-6-,38-4-,47-31?,48-46-,49-45-. The molecule has 0 unspecified atom stereocenters. The zero-order chi connectivity index (χ0) is 34.3. The number of amidine groups is 1. The van der Waals surface area contributed by atoms with Crippen molar-refractivity contribution in [2.45, 2.75) is 26.7 Å². The van der Waals surface area contributed by atoms with E-state index in [0.717, 1.165) is 97.3 Å². The normalized spacial score (nSPS) is 14.7. The van der Waals surface area contributed by atoms with Crippen molar-refractivity contribution in [2.75, 3.05) is 0 Å². The molecule has 0 saturated heterocycles. The van der Waals surface area contributed by atoms with Crippen LogP contribution >= 0.6 is 0 Å². The van der Waals surface area contributed by atoms with Crippen LogP contribution in [0.4, 0.5) is 0 Å². The Labute approximate surface area is 293 Å². The minimum atomic E-state index is 0.444. The maximum Gasteiger partial charge on any atom is 0.161 e. The summed E-state index contributed by atoms with van der Waals surface area (Å²) in [7, 11) is 0. The maximum absolute atomic E-state index is 8.02. The molecular formula is C46H37N3O. The first-order chi connectivity index (χ1) is 24.7. The highest BCUT2D eigenvalue weighted by Gasteiger charge is 2.22. The van der Waals surface area contributed by atoms with E-state index in [1.165, 1.54) is 0 Å². The summed E-state index contributed by atoms with van der Waals surface area (Å²) in [6.45, 7) is 4.08. The average molecular weight is 648 g/mol. The lowest BCUT2D eigenvalue weighted by Gasteiger charge is -2.14. The highest BCUT2D eigenvalue weighted by molar-refractivity contribution is 6.27. The van der Waals surface area contributed by atoms with Gasteiger partial charge in [0.25, 0.3) is 0 Å². The molecule has 2 aliphatic carbocycles. The Morgan fingerprint density at radius 3 is 2.42 bits per heavy atom. The van der Waals surface area contributed by atoms with Gasteiger partial charge in [0.2, 0.25) is 0 Å². The molecule has 2 aliphatic rings. The van der Waals surface area contributed by atoms with E-state index < -0.39 is 0 Å². The summed E-state index contributed by atoms with van der Waals surface area (Å²) in [4.78, 5) is 9.82. The topological polar surface area (TPSA) is 61.7 Å². The fourth-order valence-electron chi connectivity index (χ4n) is 6.59. The van der Waals surface area contributed by atoms with Gasteiger partial charge < -0.3 is 4.42 Å². The van der Waals surface area contributed by atoms with E-state index in [0.29, 0.717) is 5.84 Å². The molecule has 4 heteroatoms. The third kappa shape index (κ3) is 6.53.